The molecule has 0 atom stereocenters. The van der Waals surface area contributed by atoms with Crippen molar-refractivity contribution in [3.63, 3.8) is 0 Å². The number of carbonyl (C=O) groups excluding carboxylic acids is 1. The van der Waals surface area contributed by atoms with E-state index in [0.717, 1.165) is 37.0 Å². The fraction of sp³-hybridized carbons (Fsp3) is 0.500. The predicted octanol–water partition coefficient (Wildman–Crippen LogP) is 4.04. The minimum atomic E-state index is 0.115. The molecule has 0 radical (unpaired) electrons. The first-order chi connectivity index (χ1) is 10.3. The van der Waals surface area contributed by atoms with Crippen molar-refractivity contribution < 1.29 is 14.3 Å². The van der Waals surface area contributed by atoms with E-state index in [-0.39, 0.29) is 5.78 Å². The highest BCUT2D eigenvalue weighted by atomic mass is 16.5. The van der Waals surface area contributed by atoms with Crippen molar-refractivity contribution in [3.05, 3.63) is 47.5 Å². The van der Waals surface area contributed by atoms with Gasteiger partial charge in [-0.2, -0.15) is 0 Å². The van der Waals surface area contributed by atoms with Crippen LogP contribution >= 0.6 is 0 Å². The van der Waals surface area contributed by atoms with Crippen LogP contribution in [0, 0.1) is 0 Å². The Kier molecular flexibility index (Phi) is 9.42. The zero-order valence-electron chi connectivity index (χ0n) is 13.1. The molecule has 0 spiro atoms. The van der Waals surface area contributed by atoms with E-state index in [9.17, 15) is 4.79 Å². The number of ketones is 1. The zero-order valence-corrected chi connectivity index (χ0v) is 13.1. The van der Waals surface area contributed by atoms with Crippen molar-refractivity contribution in [2.45, 2.75) is 33.1 Å². The van der Waals surface area contributed by atoms with Gasteiger partial charge < -0.3 is 9.47 Å². The Balaban J connectivity index is 2.22. The Labute approximate surface area is 128 Å². The molecule has 3 heteroatoms. The molecule has 0 fully saturated rings. The molecule has 0 aliphatic heterocycles. The van der Waals surface area contributed by atoms with Crippen LogP contribution in [0.4, 0.5) is 0 Å². The topological polar surface area (TPSA) is 35.5 Å². The molecule has 0 N–H and O–H groups in total. The van der Waals surface area contributed by atoms with E-state index in [0.29, 0.717) is 19.8 Å². The Morgan fingerprint density at radius 2 is 1.71 bits per heavy atom. The molecule has 1 rings (SSSR count). The zero-order chi connectivity index (χ0) is 15.3. The van der Waals surface area contributed by atoms with Crippen LogP contribution < -0.4 is 0 Å². The summed E-state index contributed by atoms with van der Waals surface area (Å²) in [5, 5.41) is 0. The molecule has 0 amide bonds. The average molecular weight is 290 g/mol. The molecule has 21 heavy (non-hydrogen) atoms. The summed E-state index contributed by atoms with van der Waals surface area (Å²) in [5.41, 5.74) is 1.60. The lowest BCUT2D eigenvalue weighted by molar-refractivity contribution is 0.0471. The molecule has 1 aromatic rings. The summed E-state index contributed by atoms with van der Waals surface area (Å²) in [5.74, 6) is 0.115. The second-order valence-corrected chi connectivity index (χ2v) is 4.84. The molecule has 0 unspecified atom stereocenters. The van der Waals surface area contributed by atoms with E-state index in [2.05, 4.69) is 6.92 Å². The molecule has 0 aromatic heterocycles. The van der Waals surface area contributed by atoms with Gasteiger partial charge in [-0.15, -0.1) is 0 Å². The molecule has 0 aliphatic rings. The summed E-state index contributed by atoms with van der Waals surface area (Å²) in [7, 11) is 0. The summed E-state index contributed by atoms with van der Waals surface area (Å²) in [6, 6.07) is 9.40. The number of benzene rings is 1. The lowest BCUT2D eigenvalue weighted by Gasteiger charge is -2.07. The van der Waals surface area contributed by atoms with Gasteiger partial charge in [0.2, 0.25) is 0 Å². The number of allylic oxidation sites excluding steroid dienone is 2. The van der Waals surface area contributed by atoms with Crippen molar-refractivity contribution in [2.75, 3.05) is 26.4 Å². The number of hydrogen-bond donors (Lipinski definition) is 0. The summed E-state index contributed by atoms with van der Waals surface area (Å²) in [6.45, 7) is 6.72. The smallest absolute Gasteiger partial charge is 0.188 e. The van der Waals surface area contributed by atoms with E-state index in [1.54, 1.807) is 0 Å². The van der Waals surface area contributed by atoms with E-state index < -0.39 is 0 Å². The molecule has 0 bridgehead atoms. The maximum atomic E-state index is 12.3. The van der Waals surface area contributed by atoms with Crippen molar-refractivity contribution in [1.82, 2.24) is 0 Å². The van der Waals surface area contributed by atoms with Crippen LogP contribution in [0.1, 0.15) is 43.5 Å². The highest BCUT2D eigenvalue weighted by Crippen LogP contribution is 2.13. The van der Waals surface area contributed by atoms with Gasteiger partial charge >= 0.3 is 0 Å². The SMILES string of the molecule is C/C=C(/CCCOCCOCCC)C(=O)c1ccccc1. The third-order valence-electron chi connectivity index (χ3n) is 3.13. The summed E-state index contributed by atoms with van der Waals surface area (Å²) < 4.78 is 10.8. The quantitative estimate of drug-likeness (QED) is 0.350. The van der Waals surface area contributed by atoms with Crippen LogP contribution in [0.25, 0.3) is 0 Å². The second-order valence-electron chi connectivity index (χ2n) is 4.84. The van der Waals surface area contributed by atoms with Gasteiger partial charge in [-0.25, -0.2) is 0 Å². The Morgan fingerprint density at radius 1 is 1.05 bits per heavy atom. The molecule has 1 aromatic carbocycles. The largest absolute Gasteiger partial charge is 0.379 e. The van der Waals surface area contributed by atoms with Gasteiger partial charge in [0.05, 0.1) is 13.2 Å². The van der Waals surface area contributed by atoms with E-state index in [1.165, 1.54) is 0 Å². The number of hydrogen-bond acceptors (Lipinski definition) is 3. The molecule has 0 saturated heterocycles. The first kappa shape index (κ1) is 17.6. The molecule has 0 aliphatic carbocycles. The fourth-order valence-electron chi connectivity index (χ4n) is 1.99. The second kappa shape index (κ2) is 11.2. The Hall–Kier alpha value is -1.45. The predicted molar refractivity (Wildman–Crippen MR) is 85.7 cm³/mol. The van der Waals surface area contributed by atoms with Crippen molar-refractivity contribution >= 4 is 5.78 Å². The molecular weight excluding hydrogens is 264 g/mol. The summed E-state index contributed by atoms with van der Waals surface area (Å²) in [6.07, 6.45) is 4.54. The molecule has 0 heterocycles. The summed E-state index contributed by atoms with van der Waals surface area (Å²) >= 11 is 0. The van der Waals surface area contributed by atoms with E-state index in [1.807, 2.05) is 43.3 Å². The number of Topliss-reactive ketones (excluding diaryl/α,β-unsaturated/α-hetero) is 1. The van der Waals surface area contributed by atoms with Crippen LogP contribution in [0.3, 0.4) is 0 Å². The van der Waals surface area contributed by atoms with Crippen molar-refractivity contribution in [1.29, 1.82) is 0 Å². The first-order valence-electron chi connectivity index (χ1n) is 7.70. The third-order valence-corrected chi connectivity index (χ3v) is 3.13. The molecule has 3 nitrogen and oxygen atoms in total. The van der Waals surface area contributed by atoms with Gasteiger partial charge in [-0.1, -0.05) is 43.3 Å². The Bertz CT molecular complexity index is 423. The Morgan fingerprint density at radius 3 is 2.33 bits per heavy atom. The first-order valence-corrected chi connectivity index (χ1v) is 7.70. The maximum Gasteiger partial charge on any atom is 0.188 e. The normalized spacial score (nSPS) is 11.6. The van der Waals surface area contributed by atoms with Crippen LogP contribution in [-0.2, 0) is 9.47 Å². The number of rotatable bonds is 11. The minimum Gasteiger partial charge on any atom is -0.379 e. The minimum absolute atomic E-state index is 0.115. The number of carbonyl (C=O) groups is 1. The van der Waals surface area contributed by atoms with Gasteiger partial charge in [0.25, 0.3) is 0 Å². The highest BCUT2D eigenvalue weighted by molar-refractivity contribution is 6.08. The lowest BCUT2D eigenvalue weighted by atomic mass is 9.99. The maximum absolute atomic E-state index is 12.3. The van der Waals surface area contributed by atoms with Gasteiger partial charge in [0.1, 0.15) is 0 Å². The lowest BCUT2D eigenvalue weighted by Crippen LogP contribution is -2.07. The van der Waals surface area contributed by atoms with Gasteiger partial charge in [-0.3, -0.25) is 4.79 Å². The van der Waals surface area contributed by atoms with Crippen LogP contribution in [0.5, 0.6) is 0 Å². The monoisotopic (exact) mass is 290 g/mol. The average Bonchev–Trinajstić information content (AvgIpc) is 2.54. The van der Waals surface area contributed by atoms with Crippen LogP contribution in [0.2, 0.25) is 0 Å². The van der Waals surface area contributed by atoms with Gasteiger partial charge in [-0.05, 0) is 31.8 Å². The molecule has 0 saturated carbocycles. The highest BCUT2D eigenvalue weighted by Gasteiger charge is 2.10. The standard InChI is InChI=1S/C18H26O3/c1-3-12-20-14-15-21-13-8-11-16(4-2)18(19)17-9-6-5-7-10-17/h4-7,9-10H,3,8,11-15H2,1-2H3/b16-4-. The molecular formula is C18H26O3. The van der Waals surface area contributed by atoms with Crippen LogP contribution in [0.15, 0.2) is 42.0 Å². The molecule has 116 valence electrons. The number of ether oxygens (including phenoxy) is 2. The van der Waals surface area contributed by atoms with Crippen molar-refractivity contribution in [2.24, 2.45) is 0 Å². The third kappa shape index (κ3) is 7.21. The van der Waals surface area contributed by atoms with Crippen molar-refractivity contribution in [3.8, 4) is 0 Å². The van der Waals surface area contributed by atoms with Gasteiger partial charge in [0.15, 0.2) is 5.78 Å². The van der Waals surface area contributed by atoms with Gasteiger partial charge in [0, 0.05) is 18.8 Å². The van der Waals surface area contributed by atoms with E-state index in [4.69, 9.17) is 9.47 Å². The van der Waals surface area contributed by atoms with Crippen LogP contribution in [-0.4, -0.2) is 32.2 Å². The van der Waals surface area contributed by atoms with E-state index >= 15 is 0 Å². The summed E-state index contributed by atoms with van der Waals surface area (Å²) in [4.78, 5) is 12.3. The fourth-order valence-corrected chi connectivity index (χ4v) is 1.99.